The molecule has 0 spiro atoms. The van der Waals surface area contributed by atoms with Crippen LogP contribution in [0.25, 0.3) is 0 Å². The highest BCUT2D eigenvalue weighted by Gasteiger charge is 2.16. The number of hydrogen-bond acceptors (Lipinski definition) is 3. The normalized spacial score (nSPS) is 12.5. The fraction of sp³-hybridized carbons (Fsp3) is 0.778. The lowest BCUT2D eigenvalue weighted by Gasteiger charge is -2.12. The molecule has 0 saturated heterocycles. The van der Waals surface area contributed by atoms with Crippen LogP contribution in [0.2, 0.25) is 0 Å². The maximum atomic E-state index is 10.3. The minimum absolute atomic E-state index is 0. The van der Waals surface area contributed by atoms with Gasteiger partial charge in [0.1, 0.15) is 6.10 Å². The third-order valence-corrected chi connectivity index (χ3v) is 5.29. The Morgan fingerprint density at radius 2 is 1.77 bits per heavy atom. The molecule has 0 amide bonds. The maximum Gasteiger partial charge on any atom is 0.101 e. The number of nitrogens with one attached hydrogen (secondary N) is 1. The van der Waals surface area contributed by atoms with Crippen molar-refractivity contribution in [3.05, 3.63) is 21.4 Å². The molecule has 0 aromatic carbocycles. The number of unbranched alkanes of at least 4 members (excludes halogenated alkanes) is 5. The van der Waals surface area contributed by atoms with E-state index in [-0.39, 0.29) is 18.5 Å². The van der Waals surface area contributed by atoms with Crippen LogP contribution in [0.15, 0.2) is 5.38 Å². The van der Waals surface area contributed by atoms with Crippen LogP contribution in [0, 0.1) is 6.92 Å². The van der Waals surface area contributed by atoms with Crippen LogP contribution in [-0.2, 0) is 0 Å². The van der Waals surface area contributed by atoms with Crippen LogP contribution < -0.4 is 5.32 Å². The van der Waals surface area contributed by atoms with Crippen LogP contribution in [0.5, 0.6) is 0 Å². The van der Waals surface area contributed by atoms with E-state index in [2.05, 4.69) is 38.4 Å². The van der Waals surface area contributed by atoms with Crippen molar-refractivity contribution in [2.45, 2.75) is 78.2 Å². The molecule has 0 radical (unpaired) electrons. The lowest BCUT2D eigenvalue weighted by atomic mass is 10.0. The van der Waals surface area contributed by atoms with Gasteiger partial charge in [0, 0.05) is 11.4 Å². The van der Waals surface area contributed by atoms with E-state index in [0.29, 0.717) is 12.5 Å². The Balaban J connectivity index is 0.00000441. The lowest BCUT2D eigenvalue weighted by molar-refractivity contribution is 0.177. The van der Waals surface area contributed by atoms with Gasteiger partial charge in [-0.25, -0.2) is 0 Å². The van der Waals surface area contributed by atoms with Gasteiger partial charge < -0.3 is 10.4 Å². The molecule has 1 unspecified atom stereocenters. The van der Waals surface area contributed by atoms with E-state index in [1.807, 2.05) is 0 Å². The number of thiophene rings is 1. The van der Waals surface area contributed by atoms with Gasteiger partial charge >= 0.3 is 0 Å². The third-order valence-electron chi connectivity index (χ3n) is 4.08. The number of aliphatic hydroxyl groups is 1. The van der Waals surface area contributed by atoms with Gasteiger partial charge in [-0.1, -0.05) is 52.9 Å². The maximum absolute atomic E-state index is 10.3. The van der Waals surface area contributed by atoms with Gasteiger partial charge in [0.05, 0.1) is 0 Å². The molecule has 1 rings (SSSR count). The Labute approximate surface area is 147 Å². The molecule has 0 bridgehead atoms. The summed E-state index contributed by atoms with van der Waals surface area (Å²) in [5, 5.41) is 15.9. The minimum Gasteiger partial charge on any atom is -0.386 e. The van der Waals surface area contributed by atoms with E-state index >= 15 is 0 Å². The molecule has 0 aliphatic heterocycles. The zero-order chi connectivity index (χ0) is 15.7. The predicted octanol–water partition coefficient (Wildman–Crippen LogP) is 5.59. The van der Waals surface area contributed by atoms with Crippen LogP contribution in [-0.4, -0.2) is 18.2 Å². The topological polar surface area (TPSA) is 32.3 Å². The van der Waals surface area contributed by atoms with E-state index in [9.17, 15) is 5.11 Å². The molecular weight excluding hydrogens is 314 g/mol. The van der Waals surface area contributed by atoms with Gasteiger partial charge in [0.25, 0.3) is 0 Å². The van der Waals surface area contributed by atoms with Gasteiger partial charge in [-0.3, -0.25) is 0 Å². The molecule has 1 heterocycles. The molecule has 1 atom stereocenters. The minimum atomic E-state index is -0.359. The fourth-order valence-electron chi connectivity index (χ4n) is 2.71. The number of halogens is 1. The second-order valence-corrected chi connectivity index (χ2v) is 7.23. The van der Waals surface area contributed by atoms with Crippen LogP contribution >= 0.6 is 23.7 Å². The second kappa shape index (κ2) is 12.3. The summed E-state index contributed by atoms with van der Waals surface area (Å²) in [7, 11) is 0. The molecule has 0 fully saturated rings. The van der Waals surface area contributed by atoms with Crippen molar-refractivity contribution in [3.8, 4) is 0 Å². The zero-order valence-electron chi connectivity index (χ0n) is 14.7. The summed E-state index contributed by atoms with van der Waals surface area (Å²) in [4.78, 5) is 1.13. The number of hydrogen-bond donors (Lipinski definition) is 2. The molecule has 0 aliphatic carbocycles. The molecule has 0 saturated carbocycles. The van der Waals surface area contributed by atoms with E-state index in [4.69, 9.17) is 0 Å². The molecular formula is C18H34ClNOS. The van der Waals surface area contributed by atoms with Crippen LogP contribution in [0.1, 0.15) is 87.3 Å². The van der Waals surface area contributed by atoms with E-state index in [1.165, 1.54) is 49.7 Å². The van der Waals surface area contributed by atoms with Crippen molar-refractivity contribution in [1.82, 2.24) is 5.32 Å². The third kappa shape index (κ3) is 7.45. The van der Waals surface area contributed by atoms with Gasteiger partial charge in [0.2, 0.25) is 0 Å². The Kier molecular flexibility index (Phi) is 12.3. The molecule has 1 aromatic rings. The van der Waals surface area contributed by atoms with Crippen LogP contribution in [0.4, 0.5) is 0 Å². The molecule has 4 heteroatoms. The molecule has 1 aromatic heterocycles. The highest BCUT2D eigenvalue weighted by atomic mass is 35.5. The Hall–Kier alpha value is -0.0900. The average molecular weight is 348 g/mol. The van der Waals surface area contributed by atoms with Crippen LogP contribution in [0.3, 0.4) is 0 Å². The molecule has 0 aliphatic rings. The smallest absolute Gasteiger partial charge is 0.101 e. The summed E-state index contributed by atoms with van der Waals surface area (Å²) in [5.74, 6) is 0.540. The van der Waals surface area contributed by atoms with Crippen molar-refractivity contribution in [1.29, 1.82) is 0 Å². The van der Waals surface area contributed by atoms with Crippen molar-refractivity contribution in [3.63, 3.8) is 0 Å². The lowest BCUT2D eigenvalue weighted by Crippen LogP contribution is -2.22. The first-order chi connectivity index (χ1) is 10.1. The molecule has 2 N–H and O–H groups in total. The van der Waals surface area contributed by atoms with Crippen molar-refractivity contribution < 1.29 is 5.11 Å². The first kappa shape index (κ1) is 21.9. The Morgan fingerprint density at radius 1 is 1.14 bits per heavy atom. The summed E-state index contributed by atoms with van der Waals surface area (Å²) in [6, 6.07) is 0. The van der Waals surface area contributed by atoms with Gasteiger partial charge in [-0.15, -0.1) is 23.7 Å². The standard InChI is InChI=1S/C18H33NOS.ClH/c1-5-6-7-8-9-10-11-19-12-17(20)18-15(4)16(13-21-18)14(2)3;/h13-14,17,19-20H,5-12H2,1-4H3;1H. The Bertz CT molecular complexity index is 392. The zero-order valence-corrected chi connectivity index (χ0v) is 16.3. The largest absolute Gasteiger partial charge is 0.386 e. The van der Waals surface area contributed by atoms with Gasteiger partial charge in [-0.05, 0) is 42.3 Å². The van der Waals surface area contributed by atoms with Gasteiger partial charge in [0.15, 0.2) is 0 Å². The van der Waals surface area contributed by atoms with E-state index in [0.717, 1.165) is 11.4 Å². The first-order valence-electron chi connectivity index (χ1n) is 8.54. The molecule has 130 valence electrons. The van der Waals surface area contributed by atoms with Crippen molar-refractivity contribution >= 4 is 23.7 Å². The van der Waals surface area contributed by atoms with Crippen molar-refractivity contribution in [2.75, 3.05) is 13.1 Å². The number of aliphatic hydroxyl groups excluding tert-OH is 1. The SMILES string of the molecule is CCCCCCCCNCC(O)c1scc(C(C)C)c1C.Cl. The average Bonchev–Trinajstić information content (AvgIpc) is 2.83. The first-order valence-corrected chi connectivity index (χ1v) is 9.42. The molecule has 2 nitrogen and oxygen atoms in total. The summed E-state index contributed by atoms with van der Waals surface area (Å²) in [5.41, 5.74) is 2.66. The summed E-state index contributed by atoms with van der Waals surface area (Å²) < 4.78 is 0. The predicted molar refractivity (Wildman–Crippen MR) is 102 cm³/mol. The summed E-state index contributed by atoms with van der Waals surface area (Å²) in [6.07, 6.45) is 7.55. The fourth-order valence-corrected chi connectivity index (χ4v) is 3.94. The highest BCUT2D eigenvalue weighted by Crippen LogP contribution is 2.31. The Morgan fingerprint density at radius 3 is 2.36 bits per heavy atom. The summed E-state index contributed by atoms with van der Waals surface area (Å²) >= 11 is 1.70. The monoisotopic (exact) mass is 347 g/mol. The quantitative estimate of drug-likeness (QED) is 0.512. The van der Waals surface area contributed by atoms with Crippen molar-refractivity contribution in [2.24, 2.45) is 0 Å². The molecule has 22 heavy (non-hydrogen) atoms. The number of rotatable bonds is 11. The van der Waals surface area contributed by atoms with Gasteiger partial charge in [-0.2, -0.15) is 0 Å². The second-order valence-electron chi connectivity index (χ2n) is 6.32. The van der Waals surface area contributed by atoms with E-state index in [1.54, 1.807) is 11.3 Å². The highest BCUT2D eigenvalue weighted by molar-refractivity contribution is 7.10. The van der Waals surface area contributed by atoms with E-state index < -0.39 is 0 Å². The summed E-state index contributed by atoms with van der Waals surface area (Å²) in [6.45, 7) is 10.5.